The van der Waals surface area contributed by atoms with Gasteiger partial charge in [-0.15, -0.1) is 0 Å². The normalized spacial score (nSPS) is 29.5. The Labute approximate surface area is 159 Å². The largest absolute Gasteiger partial charge is 0.382 e. The first-order valence-corrected chi connectivity index (χ1v) is 11.2. The van der Waals surface area contributed by atoms with E-state index in [0.29, 0.717) is 11.3 Å². The first kappa shape index (κ1) is 18.7. The molecule has 26 heavy (non-hydrogen) atoms. The van der Waals surface area contributed by atoms with Crippen molar-refractivity contribution in [2.24, 2.45) is 16.7 Å². The molecular formula is C22H38N2O2. The molecular weight excluding hydrogens is 324 g/mol. The predicted octanol–water partition coefficient (Wildman–Crippen LogP) is 3.70. The summed E-state index contributed by atoms with van der Waals surface area (Å²) in [4.78, 5) is 18.2. The van der Waals surface area contributed by atoms with Gasteiger partial charge in [0, 0.05) is 38.9 Å². The van der Waals surface area contributed by atoms with E-state index in [1.807, 2.05) is 6.92 Å². The van der Waals surface area contributed by atoms with Crippen LogP contribution in [0.25, 0.3) is 0 Å². The summed E-state index contributed by atoms with van der Waals surface area (Å²) < 4.78 is 5.60. The highest BCUT2D eigenvalue weighted by Gasteiger charge is 2.56. The zero-order chi connectivity index (χ0) is 18.2. The third-order valence-electron chi connectivity index (χ3n) is 8.03. The molecule has 1 saturated heterocycles. The fourth-order valence-corrected chi connectivity index (χ4v) is 5.84. The lowest BCUT2D eigenvalue weighted by Gasteiger charge is -2.39. The average Bonchev–Trinajstić information content (AvgIpc) is 3.55. The first-order chi connectivity index (χ1) is 12.6. The molecule has 1 amide bonds. The molecule has 0 N–H and O–H groups in total. The Morgan fingerprint density at radius 2 is 1.85 bits per heavy atom. The lowest BCUT2D eigenvalue weighted by atomic mass is 9.80. The number of nitrogens with zero attached hydrogens (tertiary/aromatic N) is 2. The molecule has 1 unspecified atom stereocenters. The van der Waals surface area contributed by atoms with Crippen molar-refractivity contribution in [2.75, 3.05) is 39.9 Å². The van der Waals surface area contributed by atoms with Crippen LogP contribution < -0.4 is 0 Å². The number of likely N-dealkylation sites (tertiary alicyclic amines) is 1. The molecule has 0 aromatic carbocycles. The molecule has 4 fully saturated rings. The van der Waals surface area contributed by atoms with Crippen LogP contribution in [-0.4, -0.2) is 61.6 Å². The lowest BCUT2D eigenvalue weighted by Crippen LogP contribution is -2.47. The molecule has 4 aliphatic rings. The standard InChI is InChI=1S/C22H38N2O2/c1-3-26-15-12-21(8-4-5-9-21)20(25)24-13-10-22(11-14-24)16-18(22)17-23(2)19-6-7-19/h18-19H,3-17H2,1-2H3. The van der Waals surface area contributed by atoms with E-state index >= 15 is 0 Å². The van der Waals surface area contributed by atoms with Gasteiger partial charge in [-0.3, -0.25) is 4.79 Å². The number of carbonyl (C=O) groups is 1. The van der Waals surface area contributed by atoms with E-state index < -0.39 is 0 Å². The molecule has 0 bridgehead atoms. The molecule has 0 aromatic rings. The zero-order valence-corrected chi connectivity index (χ0v) is 17.0. The molecule has 0 aromatic heterocycles. The average molecular weight is 363 g/mol. The van der Waals surface area contributed by atoms with Crippen molar-refractivity contribution in [3.05, 3.63) is 0 Å². The number of hydrogen-bond donors (Lipinski definition) is 0. The summed E-state index contributed by atoms with van der Waals surface area (Å²) in [6.45, 7) is 6.83. The summed E-state index contributed by atoms with van der Waals surface area (Å²) in [6.07, 6.45) is 12.2. The Morgan fingerprint density at radius 3 is 2.46 bits per heavy atom. The fourth-order valence-electron chi connectivity index (χ4n) is 5.84. The van der Waals surface area contributed by atoms with Gasteiger partial charge in [0.25, 0.3) is 0 Å². The maximum atomic E-state index is 13.4. The van der Waals surface area contributed by atoms with E-state index in [-0.39, 0.29) is 5.41 Å². The molecule has 0 radical (unpaired) electrons. The minimum absolute atomic E-state index is 0.102. The number of carbonyl (C=O) groups excluding carboxylic acids is 1. The predicted molar refractivity (Wildman–Crippen MR) is 104 cm³/mol. The van der Waals surface area contributed by atoms with Gasteiger partial charge < -0.3 is 14.5 Å². The van der Waals surface area contributed by atoms with Gasteiger partial charge in [0.15, 0.2) is 0 Å². The Bertz CT molecular complexity index is 502. The van der Waals surface area contributed by atoms with Gasteiger partial charge in [-0.25, -0.2) is 0 Å². The second-order valence-electron chi connectivity index (χ2n) is 9.66. The van der Waals surface area contributed by atoms with Crippen molar-refractivity contribution >= 4 is 5.91 Å². The summed E-state index contributed by atoms with van der Waals surface area (Å²) >= 11 is 0. The summed E-state index contributed by atoms with van der Waals surface area (Å²) in [7, 11) is 2.31. The SMILES string of the molecule is CCOCCC1(C(=O)N2CCC3(CC2)CC3CN(C)C2CC2)CCCC1. The Hall–Kier alpha value is -0.610. The highest BCUT2D eigenvalue weighted by molar-refractivity contribution is 5.83. The van der Waals surface area contributed by atoms with E-state index in [4.69, 9.17) is 4.74 Å². The van der Waals surface area contributed by atoms with Crippen molar-refractivity contribution in [1.29, 1.82) is 0 Å². The van der Waals surface area contributed by atoms with E-state index in [1.165, 1.54) is 51.5 Å². The first-order valence-electron chi connectivity index (χ1n) is 11.2. The third-order valence-corrected chi connectivity index (χ3v) is 8.03. The van der Waals surface area contributed by atoms with Crippen LogP contribution in [0.2, 0.25) is 0 Å². The van der Waals surface area contributed by atoms with Gasteiger partial charge in [-0.1, -0.05) is 12.8 Å². The molecule has 1 aliphatic heterocycles. The smallest absolute Gasteiger partial charge is 0.228 e. The van der Waals surface area contributed by atoms with Crippen LogP contribution in [0.15, 0.2) is 0 Å². The topological polar surface area (TPSA) is 32.8 Å². The number of rotatable bonds is 8. The van der Waals surface area contributed by atoms with Crippen LogP contribution in [0.4, 0.5) is 0 Å². The van der Waals surface area contributed by atoms with Crippen molar-refractivity contribution in [3.8, 4) is 0 Å². The number of piperidine rings is 1. The summed E-state index contributed by atoms with van der Waals surface area (Å²) in [5.74, 6) is 1.35. The van der Waals surface area contributed by atoms with E-state index in [0.717, 1.165) is 57.5 Å². The number of hydrogen-bond acceptors (Lipinski definition) is 3. The third kappa shape index (κ3) is 3.69. The molecule has 4 rings (SSSR count). The minimum Gasteiger partial charge on any atom is -0.382 e. The monoisotopic (exact) mass is 362 g/mol. The fraction of sp³-hybridized carbons (Fsp3) is 0.955. The molecule has 1 atom stereocenters. The van der Waals surface area contributed by atoms with Crippen LogP contribution in [-0.2, 0) is 9.53 Å². The molecule has 148 valence electrons. The van der Waals surface area contributed by atoms with Crippen molar-refractivity contribution in [1.82, 2.24) is 9.80 Å². The molecule has 3 aliphatic carbocycles. The Morgan fingerprint density at radius 1 is 1.15 bits per heavy atom. The maximum Gasteiger partial charge on any atom is 0.228 e. The quantitative estimate of drug-likeness (QED) is 0.617. The van der Waals surface area contributed by atoms with Crippen LogP contribution in [0, 0.1) is 16.7 Å². The highest BCUT2D eigenvalue weighted by atomic mass is 16.5. The zero-order valence-electron chi connectivity index (χ0n) is 17.0. The van der Waals surface area contributed by atoms with Crippen molar-refractivity contribution < 1.29 is 9.53 Å². The lowest BCUT2D eigenvalue weighted by molar-refractivity contribution is -0.145. The van der Waals surface area contributed by atoms with Gasteiger partial charge in [-0.2, -0.15) is 0 Å². The van der Waals surface area contributed by atoms with E-state index in [9.17, 15) is 4.79 Å². The van der Waals surface area contributed by atoms with Gasteiger partial charge in [-0.05, 0) is 76.7 Å². The Balaban J connectivity index is 1.29. The van der Waals surface area contributed by atoms with Gasteiger partial charge in [0.1, 0.15) is 0 Å². The summed E-state index contributed by atoms with van der Waals surface area (Å²) in [5, 5.41) is 0. The highest BCUT2D eigenvalue weighted by Crippen LogP contribution is 2.60. The molecule has 4 heteroatoms. The second kappa shape index (κ2) is 7.43. The summed E-state index contributed by atoms with van der Waals surface area (Å²) in [5.41, 5.74) is 0.475. The minimum atomic E-state index is -0.102. The summed E-state index contributed by atoms with van der Waals surface area (Å²) in [6, 6.07) is 0.877. The molecule has 1 spiro atoms. The van der Waals surface area contributed by atoms with Crippen LogP contribution >= 0.6 is 0 Å². The number of amides is 1. The van der Waals surface area contributed by atoms with Crippen LogP contribution in [0.1, 0.15) is 71.1 Å². The van der Waals surface area contributed by atoms with Crippen LogP contribution in [0.5, 0.6) is 0 Å². The van der Waals surface area contributed by atoms with E-state index in [2.05, 4.69) is 16.8 Å². The maximum absolute atomic E-state index is 13.4. The molecule has 4 nitrogen and oxygen atoms in total. The van der Waals surface area contributed by atoms with Gasteiger partial charge in [0.05, 0.1) is 5.41 Å². The van der Waals surface area contributed by atoms with Crippen molar-refractivity contribution in [3.63, 3.8) is 0 Å². The molecule has 3 saturated carbocycles. The van der Waals surface area contributed by atoms with Crippen molar-refractivity contribution in [2.45, 2.75) is 77.2 Å². The van der Waals surface area contributed by atoms with Gasteiger partial charge >= 0.3 is 0 Å². The molecule has 1 heterocycles. The Kier molecular flexibility index (Phi) is 5.35. The van der Waals surface area contributed by atoms with Crippen LogP contribution in [0.3, 0.4) is 0 Å². The number of ether oxygens (including phenoxy) is 1. The van der Waals surface area contributed by atoms with Gasteiger partial charge in [0.2, 0.25) is 5.91 Å². The second-order valence-corrected chi connectivity index (χ2v) is 9.66. The van der Waals surface area contributed by atoms with E-state index in [1.54, 1.807) is 0 Å².